The third kappa shape index (κ3) is 2.26. The molecule has 0 aromatic heterocycles. The molecule has 0 saturated carbocycles. The van der Waals surface area contributed by atoms with Crippen LogP contribution in [-0.2, 0) is 16.0 Å². The van der Waals surface area contributed by atoms with Gasteiger partial charge in [-0.2, -0.15) is 0 Å². The number of ether oxygens (including phenoxy) is 1. The second-order valence-electron chi connectivity index (χ2n) is 4.91. The molecule has 0 aliphatic carbocycles. The molecule has 1 aromatic carbocycles. The minimum Gasteiger partial charge on any atom is -0.379 e. The van der Waals surface area contributed by atoms with Crippen LogP contribution in [0, 0.1) is 0 Å². The summed E-state index contributed by atoms with van der Waals surface area (Å²) in [7, 11) is 0. The predicted molar refractivity (Wildman–Crippen MR) is 68.3 cm³/mol. The Morgan fingerprint density at radius 1 is 1.39 bits per heavy atom. The third-order valence-corrected chi connectivity index (χ3v) is 3.65. The third-order valence-electron chi connectivity index (χ3n) is 3.65. The first kappa shape index (κ1) is 11.7. The fourth-order valence-electron chi connectivity index (χ4n) is 2.67. The highest BCUT2D eigenvalue weighted by Crippen LogP contribution is 2.23. The van der Waals surface area contributed by atoms with E-state index >= 15 is 0 Å². The van der Waals surface area contributed by atoms with Gasteiger partial charge in [-0.3, -0.25) is 4.79 Å². The van der Waals surface area contributed by atoms with Crippen molar-refractivity contribution in [2.75, 3.05) is 19.8 Å². The van der Waals surface area contributed by atoms with E-state index in [2.05, 4.69) is 16.7 Å². The van der Waals surface area contributed by atoms with Gasteiger partial charge in [-0.1, -0.05) is 24.3 Å². The van der Waals surface area contributed by atoms with Crippen molar-refractivity contribution in [1.82, 2.24) is 10.6 Å². The molecule has 2 aliphatic rings. The summed E-state index contributed by atoms with van der Waals surface area (Å²) in [6, 6.07) is 8.13. The molecular formula is C14H18N2O2. The van der Waals surface area contributed by atoms with Gasteiger partial charge in [-0.15, -0.1) is 0 Å². The fourth-order valence-corrected chi connectivity index (χ4v) is 2.67. The molecule has 3 rings (SSSR count). The van der Waals surface area contributed by atoms with Crippen LogP contribution in [-0.4, -0.2) is 31.7 Å². The highest BCUT2D eigenvalue weighted by Gasteiger charge is 2.28. The number of nitrogens with one attached hydrogen (secondary N) is 2. The number of amides is 1. The summed E-state index contributed by atoms with van der Waals surface area (Å²) < 4.78 is 5.28. The van der Waals surface area contributed by atoms with E-state index in [9.17, 15) is 4.79 Å². The number of hydrogen-bond donors (Lipinski definition) is 2. The Balaban J connectivity index is 1.74. The van der Waals surface area contributed by atoms with Gasteiger partial charge in [0.25, 0.3) is 0 Å². The van der Waals surface area contributed by atoms with Gasteiger partial charge in [0.15, 0.2) is 0 Å². The van der Waals surface area contributed by atoms with E-state index in [4.69, 9.17) is 4.74 Å². The fraction of sp³-hybridized carbons (Fsp3) is 0.500. The average Bonchev–Trinajstić information content (AvgIpc) is 2.91. The molecule has 2 atom stereocenters. The molecule has 0 bridgehead atoms. The molecule has 1 aromatic rings. The first-order valence-corrected chi connectivity index (χ1v) is 6.54. The number of fused-ring (bicyclic) bond motifs is 1. The van der Waals surface area contributed by atoms with Gasteiger partial charge in [-0.25, -0.2) is 0 Å². The smallest absolute Gasteiger partial charge is 0.242 e. The zero-order valence-electron chi connectivity index (χ0n) is 10.3. The van der Waals surface area contributed by atoms with E-state index in [1.54, 1.807) is 0 Å². The first-order chi connectivity index (χ1) is 8.84. The topological polar surface area (TPSA) is 50.4 Å². The standard InChI is InChI=1S/C14H18N2O2/c17-14(16-11-6-8-18-9-11)13-12-4-2-1-3-10(12)5-7-15-13/h1-4,11,13,15H,5-9H2,(H,16,17). The monoisotopic (exact) mass is 246 g/mol. The Labute approximate surface area is 107 Å². The second-order valence-corrected chi connectivity index (χ2v) is 4.91. The normalized spacial score (nSPS) is 26.7. The van der Waals surface area contributed by atoms with Gasteiger partial charge in [-0.05, 0) is 24.0 Å². The van der Waals surface area contributed by atoms with Gasteiger partial charge >= 0.3 is 0 Å². The van der Waals surface area contributed by atoms with Crippen LogP contribution in [0.25, 0.3) is 0 Å². The van der Waals surface area contributed by atoms with E-state index in [1.807, 2.05) is 18.2 Å². The van der Waals surface area contributed by atoms with Gasteiger partial charge in [0.2, 0.25) is 5.91 Å². The lowest BCUT2D eigenvalue weighted by atomic mass is 9.94. The molecule has 2 unspecified atom stereocenters. The zero-order chi connectivity index (χ0) is 12.4. The van der Waals surface area contributed by atoms with E-state index in [0.717, 1.165) is 31.6 Å². The zero-order valence-corrected chi connectivity index (χ0v) is 10.3. The maximum absolute atomic E-state index is 12.3. The van der Waals surface area contributed by atoms with Crippen LogP contribution in [0.5, 0.6) is 0 Å². The highest BCUT2D eigenvalue weighted by atomic mass is 16.5. The molecule has 1 saturated heterocycles. The summed E-state index contributed by atoms with van der Waals surface area (Å²) in [6.45, 7) is 2.25. The van der Waals surface area contributed by atoms with Crippen molar-refractivity contribution in [1.29, 1.82) is 0 Å². The summed E-state index contributed by atoms with van der Waals surface area (Å²) in [6.07, 6.45) is 1.91. The summed E-state index contributed by atoms with van der Waals surface area (Å²) in [5.41, 5.74) is 2.39. The largest absolute Gasteiger partial charge is 0.379 e. The molecule has 0 radical (unpaired) electrons. The van der Waals surface area contributed by atoms with Gasteiger partial charge in [0, 0.05) is 13.2 Å². The molecule has 96 valence electrons. The molecule has 1 fully saturated rings. The van der Waals surface area contributed by atoms with Crippen molar-refractivity contribution >= 4 is 5.91 Å². The quantitative estimate of drug-likeness (QED) is 0.810. The van der Waals surface area contributed by atoms with E-state index < -0.39 is 0 Å². The van der Waals surface area contributed by atoms with Crippen LogP contribution in [0.3, 0.4) is 0 Å². The molecular weight excluding hydrogens is 228 g/mol. The van der Waals surface area contributed by atoms with Crippen LogP contribution in [0.15, 0.2) is 24.3 Å². The van der Waals surface area contributed by atoms with Crippen molar-refractivity contribution in [3.05, 3.63) is 35.4 Å². The predicted octanol–water partition coefficient (Wildman–Crippen LogP) is 0.778. The Morgan fingerprint density at radius 2 is 2.28 bits per heavy atom. The number of hydrogen-bond acceptors (Lipinski definition) is 3. The summed E-state index contributed by atoms with van der Waals surface area (Å²) in [4.78, 5) is 12.3. The van der Waals surface area contributed by atoms with E-state index in [0.29, 0.717) is 6.61 Å². The first-order valence-electron chi connectivity index (χ1n) is 6.54. The van der Waals surface area contributed by atoms with Crippen molar-refractivity contribution in [3.63, 3.8) is 0 Å². The lowest BCUT2D eigenvalue weighted by Crippen LogP contribution is -2.45. The Kier molecular flexibility index (Phi) is 3.30. The second kappa shape index (κ2) is 5.08. The van der Waals surface area contributed by atoms with Crippen molar-refractivity contribution in [2.24, 2.45) is 0 Å². The highest BCUT2D eigenvalue weighted by molar-refractivity contribution is 5.84. The Bertz CT molecular complexity index is 441. The molecule has 2 N–H and O–H groups in total. The molecule has 2 aliphatic heterocycles. The van der Waals surface area contributed by atoms with E-state index in [-0.39, 0.29) is 18.0 Å². The summed E-state index contributed by atoms with van der Waals surface area (Å²) in [5, 5.41) is 6.36. The number of carbonyl (C=O) groups is 1. The molecule has 2 heterocycles. The number of rotatable bonds is 2. The minimum absolute atomic E-state index is 0.0673. The Morgan fingerprint density at radius 3 is 3.11 bits per heavy atom. The SMILES string of the molecule is O=C(NC1CCOC1)C1NCCc2ccccc21. The van der Waals surface area contributed by atoms with Crippen LogP contribution < -0.4 is 10.6 Å². The number of benzene rings is 1. The van der Waals surface area contributed by atoms with Crippen molar-refractivity contribution < 1.29 is 9.53 Å². The van der Waals surface area contributed by atoms with Gasteiger partial charge in [0.1, 0.15) is 6.04 Å². The van der Waals surface area contributed by atoms with Crippen LogP contribution >= 0.6 is 0 Å². The molecule has 0 spiro atoms. The number of carbonyl (C=O) groups excluding carboxylic acids is 1. The Hall–Kier alpha value is -1.39. The summed E-state index contributed by atoms with van der Waals surface area (Å²) in [5.74, 6) is 0.0673. The van der Waals surface area contributed by atoms with Crippen LogP contribution in [0.4, 0.5) is 0 Å². The van der Waals surface area contributed by atoms with Crippen molar-refractivity contribution in [2.45, 2.75) is 24.9 Å². The lowest BCUT2D eigenvalue weighted by molar-refractivity contribution is -0.124. The molecule has 4 nitrogen and oxygen atoms in total. The molecule has 1 amide bonds. The lowest BCUT2D eigenvalue weighted by Gasteiger charge is -2.27. The van der Waals surface area contributed by atoms with Gasteiger partial charge < -0.3 is 15.4 Å². The maximum atomic E-state index is 12.3. The van der Waals surface area contributed by atoms with Crippen LogP contribution in [0.2, 0.25) is 0 Å². The van der Waals surface area contributed by atoms with E-state index in [1.165, 1.54) is 5.56 Å². The minimum atomic E-state index is -0.212. The van der Waals surface area contributed by atoms with Crippen LogP contribution in [0.1, 0.15) is 23.6 Å². The molecule has 4 heteroatoms. The summed E-state index contributed by atoms with van der Waals surface area (Å²) >= 11 is 0. The molecule has 18 heavy (non-hydrogen) atoms. The van der Waals surface area contributed by atoms with Crippen molar-refractivity contribution in [3.8, 4) is 0 Å². The van der Waals surface area contributed by atoms with Gasteiger partial charge in [0.05, 0.1) is 12.6 Å². The maximum Gasteiger partial charge on any atom is 0.242 e. The average molecular weight is 246 g/mol.